The maximum Gasteiger partial charge on any atom is 0.282 e. The van der Waals surface area contributed by atoms with E-state index in [0.717, 1.165) is 27.8 Å². The van der Waals surface area contributed by atoms with E-state index in [1.54, 1.807) is 6.07 Å². The van der Waals surface area contributed by atoms with Crippen molar-refractivity contribution in [3.8, 4) is 0 Å². The summed E-state index contributed by atoms with van der Waals surface area (Å²) in [6.45, 7) is 8.82. The standard InChI is InChI=1S/C21H27N3O3S/c1-15-6-5-7-19(12-15)22-21(25)14-24-9-8-23(28(24,26)27)13-20-17(3)10-16(2)11-18(20)4/h5-7,10-12H,8-9,13-14H2,1-4H3,(H,22,25). The molecule has 6 nitrogen and oxygen atoms in total. The highest BCUT2D eigenvalue weighted by atomic mass is 32.2. The number of benzene rings is 2. The number of anilines is 1. The quantitative estimate of drug-likeness (QED) is 0.838. The molecule has 0 saturated carbocycles. The summed E-state index contributed by atoms with van der Waals surface area (Å²) < 4.78 is 28.5. The normalized spacial score (nSPS) is 17.0. The third kappa shape index (κ3) is 4.43. The van der Waals surface area contributed by atoms with E-state index in [9.17, 15) is 13.2 Å². The summed E-state index contributed by atoms with van der Waals surface area (Å²) in [5, 5.41) is 2.77. The van der Waals surface area contributed by atoms with Gasteiger partial charge in [0.15, 0.2) is 0 Å². The number of hydrogen-bond donors (Lipinski definition) is 1. The van der Waals surface area contributed by atoms with Gasteiger partial charge in [0, 0.05) is 25.3 Å². The van der Waals surface area contributed by atoms with Gasteiger partial charge in [0.2, 0.25) is 5.91 Å². The summed E-state index contributed by atoms with van der Waals surface area (Å²) in [4.78, 5) is 12.3. The maximum atomic E-state index is 12.9. The number of amides is 1. The van der Waals surface area contributed by atoms with Crippen LogP contribution in [0.5, 0.6) is 0 Å². The molecule has 1 aliphatic rings. The van der Waals surface area contributed by atoms with Crippen LogP contribution >= 0.6 is 0 Å². The zero-order valence-electron chi connectivity index (χ0n) is 16.8. The summed E-state index contributed by atoms with van der Waals surface area (Å²) in [7, 11) is -3.66. The molecule has 7 heteroatoms. The van der Waals surface area contributed by atoms with Crippen molar-refractivity contribution in [1.29, 1.82) is 0 Å². The largest absolute Gasteiger partial charge is 0.325 e. The molecule has 0 aliphatic carbocycles. The zero-order chi connectivity index (χ0) is 20.5. The molecule has 1 heterocycles. The van der Waals surface area contributed by atoms with Crippen LogP contribution < -0.4 is 5.32 Å². The molecule has 0 unspecified atom stereocenters. The average Bonchev–Trinajstić information content (AvgIpc) is 2.85. The Hall–Kier alpha value is -2.22. The van der Waals surface area contributed by atoms with E-state index in [2.05, 4.69) is 17.4 Å². The van der Waals surface area contributed by atoms with Gasteiger partial charge in [-0.15, -0.1) is 0 Å². The van der Waals surface area contributed by atoms with Crippen molar-refractivity contribution in [3.05, 3.63) is 64.2 Å². The van der Waals surface area contributed by atoms with Gasteiger partial charge < -0.3 is 5.32 Å². The van der Waals surface area contributed by atoms with Gasteiger partial charge in [-0.1, -0.05) is 29.8 Å². The Labute approximate surface area is 167 Å². The van der Waals surface area contributed by atoms with Crippen LogP contribution in [0.2, 0.25) is 0 Å². The van der Waals surface area contributed by atoms with Crippen LogP contribution in [-0.2, 0) is 21.5 Å². The summed E-state index contributed by atoms with van der Waals surface area (Å²) in [5.41, 5.74) is 6.07. The number of carbonyl (C=O) groups is 1. The Balaban J connectivity index is 1.69. The SMILES string of the molecule is Cc1cccc(NC(=O)CN2CCN(Cc3c(C)cc(C)cc3C)S2(=O)=O)c1. The topological polar surface area (TPSA) is 69.7 Å². The highest BCUT2D eigenvalue weighted by Gasteiger charge is 2.37. The van der Waals surface area contributed by atoms with Gasteiger partial charge in [-0.2, -0.15) is 17.0 Å². The minimum absolute atomic E-state index is 0.182. The molecule has 1 N–H and O–H groups in total. The lowest BCUT2D eigenvalue weighted by Gasteiger charge is -2.20. The number of aryl methyl sites for hydroxylation is 4. The lowest BCUT2D eigenvalue weighted by molar-refractivity contribution is -0.116. The molecule has 0 bridgehead atoms. The first-order valence-corrected chi connectivity index (χ1v) is 10.7. The molecule has 28 heavy (non-hydrogen) atoms. The first kappa shape index (κ1) is 20.5. The first-order valence-electron chi connectivity index (χ1n) is 9.35. The van der Waals surface area contributed by atoms with E-state index in [1.165, 1.54) is 8.61 Å². The van der Waals surface area contributed by atoms with Gasteiger partial charge in [0.25, 0.3) is 10.2 Å². The fraction of sp³-hybridized carbons (Fsp3) is 0.381. The van der Waals surface area contributed by atoms with Gasteiger partial charge in [-0.05, 0) is 62.1 Å². The molecule has 1 fully saturated rings. The molecule has 1 amide bonds. The van der Waals surface area contributed by atoms with Crippen LogP contribution in [0.3, 0.4) is 0 Å². The molecule has 0 radical (unpaired) electrons. The Kier molecular flexibility index (Phi) is 5.88. The van der Waals surface area contributed by atoms with Crippen molar-refractivity contribution in [1.82, 2.24) is 8.61 Å². The molecular weight excluding hydrogens is 374 g/mol. The predicted molar refractivity (Wildman–Crippen MR) is 111 cm³/mol. The second-order valence-corrected chi connectivity index (χ2v) is 9.40. The Morgan fingerprint density at radius 3 is 2.25 bits per heavy atom. The van der Waals surface area contributed by atoms with Crippen molar-refractivity contribution in [3.63, 3.8) is 0 Å². The minimum atomic E-state index is -3.66. The molecule has 150 valence electrons. The van der Waals surface area contributed by atoms with Crippen LogP contribution in [0.4, 0.5) is 5.69 Å². The van der Waals surface area contributed by atoms with E-state index in [0.29, 0.717) is 25.3 Å². The van der Waals surface area contributed by atoms with E-state index in [4.69, 9.17) is 0 Å². The number of nitrogens with zero attached hydrogens (tertiary/aromatic N) is 2. The van der Waals surface area contributed by atoms with E-state index in [1.807, 2.05) is 45.9 Å². The van der Waals surface area contributed by atoms with Gasteiger partial charge in [0.05, 0.1) is 6.54 Å². The molecule has 2 aromatic rings. The highest BCUT2D eigenvalue weighted by Crippen LogP contribution is 2.24. The van der Waals surface area contributed by atoms with Gasteiger partial charge >= 0.3 is 0 Å². The van der Waals surface area contributed by atoms with E-state index in [-0.39, 0.29) is 12.5 Å². The molecule has 3 rings (SSSR count). The second kappa shape index (κ2) is 8.03. The fourth-order valence-corrected chi connectivity index (χ4v) is 5.18. The van der Waals surface area contributed by atoms with Crippen molar-refractivity contribution in [2.45, 2.75) is 34.2 Å². The van der Waals surface area contributed by atoms with Gasteiger partial charge in [0.1, 0.15) is 0 Å². The number of rotatable bonds is 5. The molecule has 1 saturated heterocycles. The smallest absolute Gasteiger partial charge is 0.282 e. The third-order valence-electron chi connectivity index (χ3n) is 5.05. The molecular formula is C21H27N3O3S. The molecule has 1 aliphatic heterocycles. The van der Waals surface area contributed by atoms with Crippen molar-refractivity contribution >= 4 is 21.8 Å². The van der Waals surface area contributed by atoms with Gasteiger partial charge in [-0.25, -0.2) is 0 Å². The van der Waals surface area contributed by atoms with Crippen molar-refractivity contribution < 1.29 is 13.2 Å². The van der Waals surface area contributed by atoms with Crippen molar-refractivity contribution in [2.75, 3.05) is 25.0 Å². The fourth-order valence-electron chi connectivity index (χ4n) is 3.66. The summed E-state index contributed by atoms with van der Waals surface area (Å²) in [6.07, 6.45) is 0. The lowest BCUT2D eigenvalue weighted by atomic mass is 10.00. The van der Waals surface area contributed by atoms with Crippen LogP contribution in [0.1, 0.15) is 27.8 Å². The van der Waals surface area contributed by atoms with Gasteiger partial charge in [-0.3, -0.25) is 4.79 Å². The molecule has 2 aromatic carbocycles. The zero-order valence-corrected chi connectivity index (χ0v) is 17.6. The van der Waals surface area contributed by atoms with E-state index < -0.39 is 10.2 Å². The molecule has 0 atom stereocenters. The van der Waals surface area contributed by atoms with Crippen LogP contribution in [0.25, 0.3) is 0 Å². The molecule has 0 aromatic heterocycles. The van der Waals surface area contributed by atoms with E-state index >= 15 is 0 Å². The number of nitrogens with one attached hydrogen (secondary N) is 1. The Morgan fingerprint density at radius 1 is 0.964 bits per heavy atom. The minimum Gasteiger partial charge on any atom is -0.325 e. The molecule has 0 spiro atoms. The third-order valence-corrected chi connectivity index (χ3v) is 6.98. The highest BCUT2D eigenvalue weighted by molar-refractivity contribution is 7.87. The summed E-state index contributed by atoms with van der Waals surface area (Å²) in [5.74, 6) is -0.335. The Morgan fingerprint density at radius 2 is 1.61 bits per heavy atom. The maximum absolute atomic E-state index is 12.9. The van der Waals surface area contributed by atoms with Crippen LogP contribution in [0.15, 0.2) is 36.4 Å². The lowest BCUT2D eigenvalue weighted by Crippen LogP contribution is -2.38. The van der Waals surface area contributed by atoms with Crippen LogP contribution in [-0.4, -0.2) is 42.6 Å². The summed E-state index contributed by atoms with van der Waals surface area (Å²) in [6, 6.07) is 11.6. The monoisotopic (exact) mass is 401 g/mol. The predicted octanol–water partition coefficient (Wildman–Crippen LogP) is 2.92. The van der Waals surface area contributed by atoms with Crippen molar-refractivity contribution in [2.24, 2.45) is 0 Å². The second-order valence-electron chi connectivity index (χ2n) is 7.47. The Bertz CT molecular complexity index is 979. The summed E-state index contributed by atoms with van der Waals surface area (Å²) >= 11 is 0. The average molecular weight is 402 g/mol. The van der Waals surface area contributed by atoms with Crippen LogP contribution in [0, 0.1) is 27.7 Å². The number of hydrogen-bond acceptors (Lipinski definition) is 3. The number of carbonyl (C=O) groups excluding carboxylic acids is 1. The first-order chi connectivity index (χ1) is 13.2.